The summed E-state index contributed by atoms with van der Waals surface area (Å²) < 4.78 is 7.81. The second-order valence-electron chi connectivity index (χ2n) is 8.38. The molecule has 0 unspecified atom stereocenters. The minimum atomic E-state index is 0.0231. The van der Waals surface area contributed by atoms with Gasteiger partial charge in [0.1, 0.15) is 5.75 Å². The van der Waals surface area contributed by atoms with Crippen LogP contribution >= 0.6 is 0 Å². The molecule has 0 radical (unpaired) electrons. The molecule has 1 aliphatic rings. The monoisotopic (exact) mass is 445 g/mol. The van der Waals surface area contributed by atoms with Crippen molar-refractivity contribution in [1.29, 1.82) is 0 Å². The van der Waals surface area contributed by atoms with Crippen LogP contribution in [0.25, 0.3) is 5.69 Å². The highest BCUT2D eigenvalue weighted by atomic mass is 16.5. The quantitative estimate of drug-likeness (QED) is 0.509. The van der Waals surface area contributed by atoms with Gasteiger partial charge in [-0.25, -0.2) is 0 Å². The summed E-state index contributed by atoms with van der Waals surface area (Å²) in [6.45, 7) is 5.02. The number of amides is 2. The second-order valence-corrected chi connectivity index (χ2v) is 8.38. The van der Waals surface area contributed by atoms with Crippen molar-refractivity contribution in [3.05, 3.63) is 84.2 Å². The molecule has 0 N–H and O–H groups in total. The van der Waals surface area contributed by atoms with Crippen LogP contribution in [-0.4, -0.2) is 59.0 Å². The summed E-state index contributed by atoms with van der Waals surface area (Å²) >= 11 is 0. The van der Waals surface area contributed by atoms with Crippen LogP contribution in [0.4, 0.5) is 0 Å². The van der Waals surface area contributed by atoms with E-state index >= 15 is 0 Å². The van der Waals surface area contributed by atoms with Gasteiger partial charge in [-0.3, -0.25) is 9.59 Å². The van der Waals surface area contributed by atoms with Crippen molar-refractivity contribution in [2.45, 2.75) is 26.2 Å². The highest BCUT2D eigenvalue weighted by molar-refractivity contribution is 5.94. The number of para-hydroxylation sites is 1. The molecule has 0 bridgehead atoms. The highest BCUT2D eigenvalue weighted by Crippen LogP contribution is 2.17. The molecule has 33 heavy (non-hydrogen) atoms. The molecule has 0 atom stereocenters. The maximum Gasteiger partial charge on any atom is 0.253 e. The van der Waals surface area contributed by atoms with Crippen LogP contribution in [0.5, 0.6) is 5.75 Å². The molecule has 6 nitrogen and oxygen atoms in total. The summed E-state index contributed by atoms with van der Waals surface area (Å²) in [7, 11) is 0. The molecule has 1 fully saturated rings. The van der Waals surface area contributed by atoms with Crippen LogP contribution in [0.3, 0.4) is 0 Å². The lowest BCUT2D eigenvalue weighted by Gasteiger charge is -2.22. The van der Waals surface area contributed by atoms with Crippen molar-refractivity contribution in [2.75, 3.05) is 32.8 Å². The van der Waals surface area contributed by atoms with E-state index in [4.69, 9.17) is 4.74 Å². The van der Waals surface area contributed by atoms with E-state index in [2.05, 4.69) is 0 Å². The smallest absolute Gasteiger partial charge is 0.253 e. The normalized spacial score (nSPS) is 14.1. The van der Waals surface area contributed by atoms with Gasteiger partial charge in [0.25, 0.3) is 5.91 Å². The summed E-state index contributed by atoms with van der Waals surface area (Å²) in [5.41, 5.74) is 2.80. The van der Waals surface area contributed by atoms with E-state index in [1.165, 1.54) is 0 Å². The number of nitrogens with zero attached hydrogens (tertiary/aromatic N) is 3. The van der Waals surface area contributed by atoms with Crippen molar-refractivity contribution in [3.8, 4) is 11.4 Å². The Bertz CT molecular complexity index is 1060. The van der Waals surface area contributed by atoms with Gasteiger partial charge in [-0.1, -0.05) is 18.2 Å². The van der Waals surface area contributed by atoms with E-state index in [-0.39, 0.29) is 11.8 Å². The molecule has 2 aromatic carbocycles. The molecular formula is C27H31N3O3. The molecule has 2 heterocycles. The average molecular weight is 446 g/mol. The lowest BCUT2D eigenvalue weighted by molar-refractivity contribution is -0.131. The van der Waals surface area contributed by atoms with E-state index in [1.54, 1.807) is 0 Å². The Kier molecular flexibility index (Phi) is 7.45. The number of benzene rings is 2. The summed E-state index contributed by atoms with van der Waals surface area (Å²) in [4.78, 5) is 29.4. The maximum absolute atomic E-state index is 13.0. The lowest BCUT2D eigenvalue weighted by Crippen LogP contribution is -2.37. The molecule has 1 saturated heterocycles. The number of carbonyl (C=O) groups is 2. The van der Waals surface area contributed by atoms with Crippen molar-refractivity contribution >= 4 is 11.8 Å². The summed E-state index contributed by atoms with van der Waals surface area (Å²) in [5.74, 6) is 1.03. The Labute approximate surface area is 195 Å². The van der Waals surface area contributed by atoms with Crippen molar-refractivity contribution in [2.24, 2.45) is 0 Å². The van der Waals surface area contributed by atoms with Gasteiger partial charge in [-0.15, -0.1) is 0 Å². The van der Waals surface area contributed by atoms with Crippen LogP contribution < -0.4 is 4.74 Å². The fourth-order valence-electron chi connectivity index (χ4n) is 4.12. The predicted octanol–water partition coefficient (Wildman–Crippen LogP) is 4.32. The average Bonchev–Trinajstić information content (AvgIpc) is 3.27. The van der Waals surface area contributed by atoms with Gasteiger partial charge in [0.2, 0.25) is 5.91 Å². The molecule has 0 saturated carbocycles. The summed E-state index contributed by atoms with van der Waals surface area (Å²) in [6, 6.07) is 19.5. The van der Waals surface area contributed by atoms with E-state index in [1.807, 2.05) is 94.3 Å². The van der Waals surface area contributed by atoms with E-state index < -0.39 is 0 Å². The van der Waals surface area contributed by atoms with Gasteiger partial charge >= 0.3 is 0 Å². The van der Waals surface area contributed by atoms with Crippen molar-refractivity contribution in [1.82, 2.24) is 14.4 Å². The Hall–Kier alpha value is -3.54. The number of ether oxygens (including phenoxy) is 1. The Morgan fingerprint density at radius 1 is 0.848 bits per heavy atom. The third-order valence-electron chi connectivity index (χ3n) is 6.04. The largest absolute Gasteiger partial charge is 0.493 e. The second kappa shape index (κ2) is 10.9. The molecule has 4 rings (SSSR count). The zero-order valence-corrected chi connectivity index (χ0v) is 19.2. The zero-order valence-electron chi connectivity index (χ0n) is 19.2. The first-order chi connectivity index (χ1) is 16.1. The SMILES string of the molecule is Cc1ccccc1OCCCC(=O)N1CCCN(C(=O)c2ccc(-n3cccc3)cc2)CC1. The van der Waals surface area contributed by atoms with Gasteiger partial charge in [0.15, 0.2) is 0 Å². The predicted molar refractivity (Wildman–Crippen MR) is 129 cm³/mol. The fourth-order valence-corrected chi connectivity index (χ4v) is 4.12. The molecule has 172 valence electrons. The van der Waals surface area contributed by atoms with E-state index in [0.717, 1.165) is 23.4 Å². The van der Waals surface area contributed by atoms with Crippen LogP contribution in [0.1, 0.15) is 35.2 Å². The van der Waals surface area contributed by atoms with Gasteiger partial charge in [0, 0.05) is 56.2 Å². The third-order valence-corrected chi connectivity index (χ3v) is 6.04. The molecule has 6 heteroatoms. The Balaban J connectivity index is 1.24. The van der Waals surface area contributed by atoms with Gasteiger partial charge in [0.05, 0.1) is 6.61 Å². The highest BCUT2D eigenvalue weighted by Gasteiger charge is 2.22. The fraction of sp³-hybridized carbons (Fsp3) is 0.333. The Morgan fingerprint density at radius 3 is 2.30 bits per heavy atom. The first-order valence-corrected chi connectivity index (χ1v) is 11.6. The number of hydrogen-bond acceptors (Lipinski definition) is 3. The number of rotatable bonds is 7. The van der Waals surface area contributed by atoms with Crippen LogP contribution in [0, 0.1) is 6.92 Å². The molecule has 3 aromatic rings. The summed E-state index contributed by atoms with van der Waals surface area (Å²) in [5, 5.41) is 0. The van der Waals surface area contributed by atoms with E-state index in [9.17, 15) is 9.59 Å². The molecule has 2 amide bonds. The van der Waals surface area contributed by atoms with Crippen molar-refractivity contribution in [3.63, 3.8) is 0 Å². The van der Waals surface area contributed by atoms with Crippen LogP contribution in [0.2, 0.25) is 0 Å². The summed E-state index contributed by atoms with van der Waals surface area (Å²) in [6.07, 6.45) is 5.89. The number of hydrogen-bond donors (Lipinski definition) is 0. The molecular weight excluding hydrogens is 414 g/mol. The maximum atomic E-state index is 13.0. The van der Waals surface area contributed by atoms with Crippen LogP contribution in [0.15, 0.2) is 73.1 Å². The lowest BCUT2D eigenvalue weighted by atomic mass is 10.1. The first kappa shape index (κ1) is 22.6. The van der Waals surface area contributed by atoms with Gasteiger partial charge < -0.3 is 19.1 Å². The zero-order chi connectivity index (χ0) is 23.0. The standard InChI is InChI=1S/C27H31N3O3/c1-22-8-2-3-9-25(22)33-21-6-10-26(31)29-17-7-18-30(20-19-29)27(32)23-11-13-24(14-12-23)28-15-4-5-16-28/h2-5,8-9,11-16H,6-7,10,17-21H2,1H3. The first-order valence-electron chi connectivity index (χ1n) is 11.6. The van der Waals surface area contributed by atoms with Gasteiger partial charge in [-0.05, 0) is 67.8 Å². The Morgan fingerprint density at radius 2 is 1.55 bits per heavy atom. The topological polar surface area (TPSA) is 54.8 Å². The number of aromatic nitrogens is 1. The minimum Gasteiger partial charge on any atom is -0.493 e. The molecule has 1 aromatic heterocycles. The van der Waals surface area contributed by atoms with Gasteiger partial charge in [-0.2, -0.15) is 0 Å². The number of aryl methyl sites for hydroxylation is 1. The third kappa shape index (κ3) is 5.83. The van der Waals surface area contributed by atoms with E-state index in [0.29, 0.717) is 51.2 Å². The minimum absolute atomic E-state index is 0.0231. The van der Waals surface area contributed by atoms with Crippen LogP contribution in [-0.2, 0) is 4.79 Å². The molecule has 1 aliphatic heterocycles. The van der Waals surface area contributed by atoms with Crippen molar-refractivity contribution < 1.29 is 14.3 Å². The number of carbonyl (C=O) groups excluding carboxylic acids is 2. The molecule has 0 aliphatic carbocycles. The molecule has 0 spiro atoms.